The first kappa shape index (κ1) is 20.1. The molecule has 1 aromatic carbocycles. The molecular formula is C24H32N4OS. The van der Waals surface area contributed by atoms with E-state index in [1.54, 1.807) is 0 Å². The van der Waals surface area contributed by atoms with Gasteiger partial charge in [0, 0.05) is 6.04 Å². The van der Waals surface area contributed by atoms with Crippen LogP contribution >= 0.6 is 11.8 Å². The summed E-state index contributed by atoms with van der Waals surface area (Å²) >= 11 is 1.49. The van der Waals surface area contributed by atoms with Crippen LogP contribution in [0.15, 0.2) is 35.5 Å². The summed E-state index contributed by atoms with van der Waals surface area (Å²) in [6.45, 7) is 4.94. The van der Waals surface area contributed by atoms with E-state index < -0.39 is 0 Å². The molecule has 1 aromatic heterocycles. The Morgan fingerprint density at radius 2 is 1.77 bits per heavy atom. The Morgan fingerprint density at radius 1 is 1.13 bits per heavy atom. The standard InChI is InChI=1S/C24H32N4OS/c1-16(24-11-19-8-20(12-24)10-21(9-19)13-24)25-22(29)15-30-23-27-26-17(2)28(23)14-18-6-4-3-5-7-18/h3-7,16,19-21H,8-15H2,1-2H3,(H,25,29)/t16-,19?,20?,21?,24?/m0/s1. The van der Waals surface area contributed by atoms with Crippen LogP contribution in [-0.4, -0.2) is 32.5 Å². The van der Waals surface area contributed by atoms with Crippen LogP contribution in [0.1, 0.15) is 56.8 Å². The second-order valence-corrected chi connectivity index (χ2v) is 10.9. The van der Waals surface area contributed by atoms with Crippen molar-refractivity contribution in [2.45, 2.75) is 70.1 Å². The molecule has 4 fully saturated rings. The van der Waals surface area contributed by atoms with Crippen LogP contribution < -0.4 is 5.32 Å². The molecule has 5 nitrogen and oxygen atoms in total. The number of aryl methyl sites for hydroxylation is 1. The van der Waals surface area contributed by atoms with E-state index in [1.165, 1.54) is 55.9 Å². The van der Waals surface area contributed by atoms with Crippen molar-refractivity contribution < 1.29 is 4.79 Å². The first-order chi connectivity index (χ1) is 14.5. The van der Waals surface area contributed by atoms with E-state index in [4.69, 9.17) is 0 Å². The van der Waals surface area contributed by atoms with Crippen LogP contribution in [0.5, 0.6) is 0 Å². The highest BCUT2D eigenvalue weighted by molar-refractivity contribution is 7.99. The Morgan fingerprint density at radius 3 is 2.40 bits per heavy atom. The van der Waals surface area contributed by atoms with Gasteiger partial charge in [-0.2, -0.15) is 0 Å². The summed E-state index contributed by atoms with van der Waals surface area (Å²) < 4.78 is 2.09. The molecule has 1 atom stereocenters. The predicted molar refractivity (Wildman–Crippen MR) is 119 cm³/mol. The molecule has 1 heterocycles. The summed E-state index contributed by atoms with van der Waals surface area (Å²) in [5, 5.41) is 12.7. The van der Waals surface area contributed by atoms with E-state index in [9.17, 15) is 4.79 Å². The molecule has 0 saturated heterocycles. The summed E-state index contributed by atoms with van der Waals surface area (Å²) in [7, 11) is 0. The maximum atomic E-state index is 12.8. The molecule has 160 valence electrons. The van der Waals surface area contributed by atoms with Gasteiger partial charge in [-0.3, -0.25) is 4.79 Å². The maximum Gasteiger partial charge on any atom is 0.230 e. The first-order valence-electron chi connectivity index (χ1n) is 11.4. The zero-order valence-corrected chi connectivity index (χ0v) is 18.8. The normalized spacial score (nSPS) is 30.4. The molecule has 1 amide bonds. The molecule has 6 heteroatoms. The smallest absolute Gasteiger partial charge is 0.230 e. The Bertz CT molecular complexity index is 874. The molecular weight excluding hydrogens is 392 g/mol. The summed E-state index contributed by atoms with van der Waals surface area (Å²) in [6.07, 6.45) is 8.26. The number of hydrogen-bond acceptors (Lipinski definition) is 4. The van der Waals surface area contributed by atoms with Gasteiger partial charge in [0.1, 0.15) is 5.82 Å². The molecule has 0 radical (unpaired) electrons. The van der Waals surface area contributed by atoms with Crippen LogP contribution in [0.3, 0.4) is 0 Å². The second-order valence-electron chi connectivity index (χ2n) is 9.96. The van der Waals surface area contributed by atoms with Crippen molar-refractivity contribution in [2.24, 2.45) is 23.2 Å². The van der Waals surface area contributed by atoms with Gasteiger partial charge in [-0.15, -0.1) is 10.2 Å². The molecule has 4 bridgehead atoms. The number of rotatable bonds is 7. The van der Waals surface area contributed by atoms with Gasteiger partial charge >= 0.3 is 0 Å². The van der Waals surface area contributed by atoms with Crippen molar-refractivity contribution in [3.63, 3.8) is 0 Å². The highest BCUT2D eigenvalue weighted by Crippen LogP contribution is 2.61. The summed E-state index contributed by atoms with van der Waals surface area (Å²) in [6, 6.07) is 10.6. The number of carbonyl (C=O) groups is 1. The van der Waals surface area contributed by atoms with Crippen molar-refractivity contribution in [3.8, 4) is 0 Å². The average Bonchev–Trinajstić information content (AvgIpc) is 3.06. The number of hydrogen-bond donors (Lipinski definition) is 1. The van der Waals surface area contributed by atoms with Crippen molar-refractivity contribution in [1.29, 1.82) is 0 Å². The van der Waals surface area contributed by atoms with Gasteiger partial charge < -0.3 is 9.88 Å². The van der Waals surface area contributed by atoms with Crippen LogP contribution in [0.2, 0.25) is 0 Å². The lowest BCUT2D eigenvalue weighted by molar-refractivity contribution is -0.123. The van der Waals surface area contributed by atoms with Crippen LogP contribution in [0.4, 0.5) is 0 Å². The zero-order chi connectivity index (χ0) is 20.7. The highest BCUT2D eigenvalue weighted by atomic mass is 32.2. The summed E-state index contributed by atoms with van der Waals surface area (Å²) in [5.74, 6) is 4.11. The number of nitrogens with zero attached hydrogens (tertiary/aromatic N) is 3. The fourth-order valence-corrected chi connectivity index (χ4v) is 7.49. The molecule has 4 saturated carbocycles. The van der Waals surface area contributed by atoms with Gasteiger partial charge in [0.25, 0.3) is 0 Å². The Kier molecular flexibility index (Phi) is 5.38. The molecule has 1 N–H and O–H groups in total. The van der Waals surface area contributed by atoms with E-state index in [1.807, 2.05) is 25.1 Å². The SMILES string of the molecule is Cc1nnc(SCC(=O)N[C@@H](C)C23CC4CC(CC(C4)C2)C3)n1Cc1ccccc1. The molecule has 2 aromatic rings. The zero-order valence-electron chi connectivity index (χ0n) is 18.0. The third kappa shape index (κ3) is 3.91. The molecule has 30 heavy (non-hydrogen) atoms. The van der Waals surface area contributed by atoms with E-state index in [0.717, 1.165) is 35.3 Å². The monoisotopic (exact) mass is 424 g/mol. The quantitative estimate of drug-likeness (QED) is 0.667. The Balaban J connectivity index is 1.19. The highest BCUT2D eigenvalue weighted by Gasteiger charge is 2.53. The van der Waals surface area contributed by atoms with E-state index in [2.05, 4.69) is 39.1 Å². The number of aromatic nitrogens is 3. The number of benzene rings is 1. The minimum absolute atomic E-state index is 0.121. The topological polar surface area (TPSA) is 59.8 Å². The molecule has 4 aliphatic carbocycles. The molecule has 0 aliphatic heterocycles. The molecule has 6 rings (SSSR count). The van der Waals surface area contributed by atoms with Crippen LogP contribution in [0, 0.1) is 30.1 Å². The van der Waals surface area contributed by atoms with Crippen LogP contribution in [-0.2, 0) is 11.3 Å². The van der Waals surface area contributed by atoms with Crippen LogP contribution in [0.25, 0.3) is 0 Å². The molecule has 0 unspecified atom stereocenters. The number of carbonyl (C=O) groups excluding carboxylic acids is 1. The van der Waals surface area contributed by atoms with Gasteiger partial charge in [0.15, 0.2) is 5.16 Å². The minimum atomic E-state index is 0.121. The van der Waals surface area contributed by atoms with E-state index in [0.29, 0.717) is 11.2 Å². The Hall–Kier alpha value is -1.82. The fourth-order valence-electron chi connectivity index (χ4n) is 6.69. The number of nitrogens with one attached hydrogen (secondary N) is 1. The summed E-state index contributed by atoms with van der Waals surface area (Å²) in [5.41, 5.74) is 1.56. The summed E-state index contributed by atoms with van der Waals surface area (Å²) in [4.78, 5) is 12.8. The average molecular weight is 425 g/mol. The number of thioether (sulfide) groups is 1. The first-order valence-corrected chi connectivity index (χ1v) is 12.4. The lowest BCUT2D eigenvalue weighted by Crippen LogP contribution is -2.56. The van der Waals surface area contributed by atoms with Crippen molar-refractivity contribution in [2.75, 3.05) is 5.75 Å². The predicted octanol–water partition coefficient (Wildman–Crippen LogP) is 4.45. The fraction of sp³-hybridized carbons (Fsp3) is 0.625. The second kappa shape index (κ2) is 8.03. The van der Waals surface area contributed by atoms with Crippen molar-refractivity contribution >= 4 is 17.7 Å². The molecule has 0 spiro atoms. The Labute approximate surface area is 183 Å². The van der Waals surface area contributed by atoms with Gasteiger partial charge in [-0.25, -0.2) is 0 Å². The molecule has 4 aliphatic rings. The number of amides is 1. The van der Waals surface area contributed by atoms with Gasteiger partial charge in [0.05, 0.1) is 12.3 Å². The van der Waals surface area contributed by atoms with Gasteiger partial charge in [-0.1, -0.05) is 42.1 Å². The third-order valence-electron chi connectivity index (χ3n) is 7.80. The van der Waals surface area contributed by atoms with Gasteiger partial charge in [-0.05, 0) is 81.1 Å². The lowest BCUT2D eigenvalue weighted by Gasteiger charge is -2.59. The maximum absolute atomic E-state index is 12.8. The third-order valence-corrected chi connectivity index (χ3v) is 8.77. The van der Waals surface area contributed by atoms with Gasteiger partial charge in [0.2, 0.25) is 5.91 Å². The van der Waals surface area contributed by atoms with E-state index in [-0.39, 0.29) is 11.9 Å². The lowest BCUT2D eigenvalue weighted by atomic mass is 9.48. The largest absolute Gasteiger partial charge is 0.352 e. The van der Waals surface area contributed by atoms with E-state index >= 15 is 0 Å². The van der Waals surface area contributed by atoms with Crippen molar-refractivity contribution in [1.82, 2.24) is 20.1 Å². The van der Waals surface area contributed by atoms with Crippen molar-refractivity contribution in [3.05, 3.63) is 41.7 Å². The minimum Gasteiger partial charge on any atom is -0.352 e.